The lowest BCUT2D eigenvalue weighted by Gasteiger charge is -2.49. The highest BCUT2D eigenvalue weighted by molar-refractivity contribution is 6.30. The fourth-order valence-corrected chi connectivity index (χ4v) is 6.54. The van der Waals surface area contributed by atoms with E-state index in [1.54, 1.807) is 6.33 Å². The monoisotopic (exact) mass is 536 g/mol. The van der Waals surface area contributed by atoms with Crippen molar-refractivity contribution in [3.05, 3.63) is 47.0 Å². The molecule has 3 aromatic heterocycles. The number of ether oxygens (including phenoxy) is 1. The van der Waals surface area contributed by atoms with Gasteiger partial charge in [0.25, 0.3) is 5.78 Å². The van der Waals surface area contributed by atoms with Gasteiger partial charge < -0.3 is 14.2 Å². The third-order valence-corrected chi connectivity index (χ3v) is 8.48. The van der Waals surface area contributed by atoms with E-state index in [9.17, 15) is 0 Å². The molecule has 0 amide bonds. The second-order valence-electron chi connectivity index (χ2n) is 11.3. The Labute approximate surface area is 228 Å². The Morgan fingerprint density at radius 1 is 1.08 bits per heavy atom. The molecule has 0 spiro atoms. The summed E-state index contributed by atoms with van der Waals surface area (Å²) in [7, 11) is 0. The molecule has 2 aliphatic heterocycles. The van der Waals surface area contributed by atoms with Crippen LogP contribution in [0, 0.1) is 12.8 Å². The van der Waals surface area contributed by atoms with Crippen LogP contribution < -0.4 is 4.90 Å². The zero-order chi connectivity index (χ0) is 26.6. The van der Waals surface area contributed by atoms with E-state index in [1.807, 2.05) is 16.5 Å². The van der Waals surface area contributed by atoms with Crippen LogP contribution in [0.4, 0.5) is 5.82 Å². The molecule has 1 aromatic carbocycles. The third-order valence-electron chi connectivity index (χ3n) is 8.22. The Hall–Kier alpha value is -2.75. The molecule has 2 saturated heterocycles. The van der Waals surface area contributed by atoms with E-state index in [4.69, 9.17) is 26.3 Å². The van der Waals surface area contributed by atoms with Crippen LogP contribution in [0.2, 0.25) is 5.02 Å². The molecule has 5 heterocycles. The molecule has 2 fully saturated rings. The maximum absolute atomic E-state index is 6.21. The zero-order valence-corrected chi connectivity index (χ0v) is 23.6. The van der Waals surface area contributed by atoms with Gasteiger partial charge in [-0.3, -0.25) is 4.90 Å². The molecule has 202 valence electrons. The molecule has 9 nitrogen and oxygen atoms in total. The molecule has 4 atom stereocenters. The molecule has 0 aliphatic carbocycles. The summed E-state index contributed by atoms with van der Waals surface area (Å²) in [5.41, 5.74) is 3.20. The molecule has 38 heavy (non-hydrogen) atoms. The summed E-state index contributed by atoms with van der Waals surface area (Å²) in [6, 6.07) is 9.21. The first-order valence-electron chi connectivity index (χ1n) is 13.8. The number of benzene rings is 1. The molecule has 0 saturated carbocycles. The van der Waals surface area contributed by atoms with Crippen molar-refractivity contribution in [3.8, 4) is 0 Å². The predicted molar refractivity (Wildman–Crippen MR) is 150 cm³/mol. The fraction of sp³-hybridized carbons (Fsp3) is 0.571. The van der Waals surface area contributed by atoms with Crippen LogP contribution in [0.5, 0.6) is 0 Å². The number of nitrogens with zero attached hydrogens (tertiary/aromatic N) is 8. The first kappa shape index (κ1) is 25.5. The zero-order valence-electron chi connectivity index (χ0n) is 22.9. The van der Waals surface area contributed by atoms with Gasteiger partial charge in [0.05, 0.1) is 12.6 Å². The molecule has 0 N–H and O–H groups in total. The summed E-state index contributed by atoms with van der Waals surface area (Å²) >= 11 is 6.21. The van der Waals surface area contributed by atoms with Crippen LogP contribution in [0.1, 0.15) is 58.0 Å². The maximum atomic E-state index is 6.21. The number of halogens is 1. The van der Waals surface area contributed by atoms with E-state index in [0.717, 1.165) is 66.9 Å². The summed E-state index contributed by atoms with van der Waals surface area (Å²) in [4.78, 5) is 15.1. The van der Waals surface area contributed by atoms with Crippen molar-refractivity contribution in [3.63, 3.8) is 0 Å². The molecule has 0 bridgehead atoms. The summed E-state index contributed by atoms with van der Waals surface area (Å²) in [5.74, 6) is 2.91. The van der Waals surface area contributed by atoms with E-state index in [-0.39, 0.29) is 12.1 Å². The van der Waals surface area contributed by atoms with Crippen LogP contribution in [0.25, 0.3) is 16.9 Å². The van der Waals surface area contributed by atoms with Crippen molar-refractivity contribution in [2.75, 3.05) is 24.6 Å². The van der Waals surface area contributed by atoms with Gasteiger partial charge in [0, 0.05) is 42.8 Å². The Morgan fingerprint density at radius 2 is 1.87 bits per heavy atom. The van der Waals surface area contributed by atoms with E-state index in [1.165, 1.54) is 5.56 Å². The lowest BCUT2D eigenvalue weighted by Crippen LogP contribution is -2.58. The first-order chi connectivity index (χ1) is 18.3. The van der Waals surface area contributed by atoms with Gasteiger partial charge in [0.1, 0.15) is 17.7 Å². The van der Waals surface area contributed by atoms with Gasteiger partial charge in [0.2, 0.25) is 0 Å². The van der Waals surface area contributed by atoms with Crippen molar-refractivity contribution in [1.82, 2.24) is 34.0 Å². The Morgan fingerprint density at radius 3 is 2.58 bits per heavy atom. The summed E-state index contributed by atoms with van der Waals surface area (Å²) in [5, 5.41) is 9.31. The Balaban J connectivity index is 1.37. The van der Waals surface area contributed by atoms with Gasteiger partial charge in [-0.25, -0.2) is 9.38 Å². The standard InChI is InChI=1S/C28H37ClN8O/c1-17(2)25(21-8-10-22(29)11-9-21)34-13-19(4)35(14-18(34)3)26-24-27(37-16-30-33-28(37)32-26)36(20(5)31-24)15-23-7-6-12-38-23/h8-11,16-19,23,25H,6-7,12-15H2,1-5H3/t18-,19+,23?,25-/m1/s1. The maximum Gasteiger partial charge on any atom is 0.258 e. The van der Waals surface area contributed by atoms with E-state index in [0.29, 0.717) is 23.8 Å². The predicted octanol–water partition coefficient (Wildman–Crippen LogP) is 4.91. The third kappa shape index (κ3) is 4.44. The molecule has 4 aromatic rings. The van der Waals surface area contributed by atoms with E-state index >= 15 is 0 Å². The average molecular weight is 537 g/mol. The van der Waals surface area contributed by atoms with Gasteiger partial charge in [-0.05, 0) is 57.2 Å². The minimum Gasteiger partial charge on any atom is -0.376 e. The minimum atomic E-state index is 0.206. The number of hydrogen-bond acceptors (Lipinski definition) is 7. The number of hydrogen-bond donors (Lipinski definition) is 0. The van der Waals surface area contributed by atoms with Crippen molar-refractivity contribution >= 4 is 34.4 Å². The SMILES string of the molecule is Cc1nc2c(N3C[C@@H](C)N([C@@H](c4ccc(Cl)cc4)C(C)C)C[C@@H]3C)nc3nncn3c2n1CC1CCCO1. The lowest BCUT2D eigenvalue weighted by molar-refractivity contribution is 0.0822. The van der Waals surface area contributed by atoms with Gasteiger partial charge in [-0.15, -0.1) is 10.2 Å². The number of aromatic nitrogens is 6. The van der Waals surface area contributed by atoms with Crippen LogP contribution in [0.15, 0.2) is 30.6 Å². The second kappa shape index (κ2) is 10.1. The molecule has 2 aliphatic rings. The number of piperazine rings is 1. The van der Waals surface area contributed by atoms with Gasteiger partial charge in [-0.2, -0.15) is 4.98 Å². The molecule has 0 radical (unpaired) electrons. The van der Waals surface area contributed by atoms with Crippen LogP contribution in [-0.4, -0.2) is 71.9 Å². The Bertz CT molecular complexity index is 1420. The van der Waals surface area contributed by atoms with Crippen LogP contribution in [-0.2, 0) is 11.3 Å². The summed E-state index contributed by atoms with van der Waals surface area (Å²) in [6.45, 7) is 14.7. The highest BCUT2D eigenvalue weighted by atomic mass is 35.5. The van der Waals surface area contributed by atoms with Crippen LogP contribution in [0.3, 0.4) is 0 Å². The van der Waals surface area contributed by atoms with E-state index in [2.05, 4.69) is 71.3 Å². The van der Waals surface area contributed by atoms with Crippen LogP contribution >= 0.6 is 11.6 Å². The van der Waals surface area contributed by atoms with Crippen molar-refractivity contribution in [1.29, 1.82) is 0 Å². The summed E-state index contributed by atoms with van der Waals surface area (Å²) in [6.07, 6.45) is 4.13. The second-order valence-corrected chi connectivity index (χ2v) is 11.7. The van der Waals surface area contributed by atoms with Gasteiger partial charge in [-0.1, -0.05) is 37.6 Å². The number of rotatable bonds is 6. The molecule has 10 heteroatoms. The first-order valence-corrected chi connectivity index (χ1v) is 14.2. The average Bonchev–Trinajstić information content (AvgIpc) is 3.63. The lowest BCUT2D eigenvalue weighted by atomic mass is 9.91. The van der Waals surface area contributed by atoms with Gasteiger partial charge in [0.15, 0.2) is 11.5 Å². The largest absolute Gasteiger partial charge is 0.376 e. The number of aryl methyl sites for hydroxylation is 1. The molecule has 1 unspecified atom stereocenters. The highest BCUT2D eigenvalue weighted by Gasteiger charge is 2.37. The minimum absolute atomic E-state index is 0.206. The number of imidazole rings is 1. The fourth-order valence-electron chi connectivity index (χ4n) is 6.42. The molecular weight excluding hydrogens is 500 g/mol. The van der Waals surface area contributed by atoms with Crippen molar-refractivity contribution in [2.24, 2.45) is 5.92 Å². The normalized spacial score (nSPS) is 23.8. The highest BCUT2D eigenvalue weighted by Crippen LogP contribution is 2.36. The molecular formula is C28H37ClN8O. The summed E-state index contributed by atoms with van der Waals surface area (Å²) < 4.78 is 10.2. The van der Waals surface area contributed by atoms with Crippen molar-refractivity contribution in [2.45, 2.75) is 78.2 Å². The topological polar surface area (TPSA) is 76.6 Å². The van der Waals surface area contributed by atoms with Gasteiger partial charge >= 0.3 is 0 Å². The quantitative estimate of drug-likeness (QED) is 0.346. The Kier molecular flexibility index (Phi) is 6.78. The molecule has 6 rings (SSSR count). The number of fused-ring (bicyclic) bond motifs is 3. The van der Waals surface area contributed by atoms with Crippen molar-refractivity contribution < 1.29 is 4.74 Å². The smallest absolute Gasteiger partial charge is 0.258 e. The van der Waals surface area contributed by atoms with E-state index < -0.39 is 0 Å². The number of anilines is 1.